The summed E-state index contributed by atoms with van der Waals surface area (Å²) in [4.78, 5) is 37.5. The number of ether oxygens (including phenoxy) is 1. The zero-order valence-electron chi connectivity index (χ0n) is 42.3. The number of thiazole rings is 1. The Morgan fingerprint density at radius 1 is 0.935 bits per heavy atom. The molecule has 2 fully saturated rings. The SMILES string of the molecule is CC[Si](CC)(CC)O[C@H]1[C@@H](C)CCC[C@]2(C)[C@H](C[C@@H](/C(C)=C/c3nc4ccccc4s3)OC(=O)C[C@H](O[Si](CC)(CC)CC)C(C)(C)C(=O)[C@@H]1C)N2CCO[Si](C)(C)C(C)(C)C. The first-order valence-electron chi connectivity index (χ1n) is 24.5. The van der Waals surface area contributed by atoms with Gasteiger partial charge in [-0.1, -0.05) is 109 Å². The van der Waals surface area contributed by atoms with Crippen LogP contribution in [-0.2, 0) is 27.6 Å². The van der Waals surface area contributed by atoms with Crippen LogP contribution in [0.4, 0.5) is 0 Å². The number of aromatic nitrogens is 1. The van der Waals surface area contributed by atoms with Crippen molar-refractivity contribution in [2.45, 2.75) is 220 Å². The molecule has 3 heterocycles. The highest BCUT2D eigenvalue weighted by atomic mass is 32.1. The van der Waals surface area contributed by atoms with Gasteiger partial charge in [0, 0.05) is 42.5 Å². The summed E-state index contributed by atoms with van der Waals surface area (Å²) >= 11 is 1.66. The first-order chi connectivity index (χ1) is 28.9. The molecule has 352 valence electrons. The van der Waals surface area contributed by atoms with Crippen molar-refractivity contribution in [3.63, 3.8) is 0 Å². The molecule has 8 nitrogen and oxygen atoms in total. The molecule has 0 aliphatic carbocycles. The molecule has 8 atom stereocenters. The number of esters is 1. The quantitative estimate of drug-likeness (QED) is 0.0935. The minimum absolute atomic E-state index is 0.0236. The van der Waals surface area contributed by atoms with Gasteiger partial charge in [-0.2, -0.15) is 0 Å². The molecule has 2 saturated heterocycles. The van der Waals surface area contributed by atoms with E-state index in [4.69, 9.17) is 23.0 Å². The Hall–Kier alpha value is -1.52. The van der Waals surface area contributed by atoms with Gasteiger partial charge < -0.3 is 18.0 Å². The summed E-state index contributed by atoms with van der Waals surface area (Å²) in [5, 5.41) is 1.04. The lowest BCUT2D eigenvalue weighted by molar-refractivity contribution is -0.153. The van der Waals surface area contributed by atoms with Crippen LogP contribution in [0.3, 0.4) is 0 Å². The molecule has 2 aliphatic heterocycles. The van der Waals surface area contributed by atoms with Gasteiger partial charge in [0.1, 0.15) is 16.9 Å². The lowest BCUT2D eigenvalue weighted by atomic mass is 9.73. The van der Waals surface area contributed by atoms with Crippen molar-refractivity contribution in [1.29, 1.82) is 0 Å². The number of hydrogen-bond acceptors (Lipinski definition) is 9. The van der Waals surface area contributed by atoms with Crippen LogP contribution < -0.4 is 0 Å². The second kappa shape index (κ2) is 21.4. The van der Waals surface area contributed by atoms with Crippen molar-refractivity contribution < 1.29 is 27.6 Å². The normalized spacial score (nSPS) is 28.8. The topological polar surface area (TPSA) is 87.0 Å². The minimum atomic E-state index is -2.27. The summed E-state index contributed by atoms with van der Waals surface area (Å²) in [6.07, 6.45) is 4.55. The van der Waals surface area contributed by atoms with E-state index in [-0.39, 0.29) is 52.7 Å². The van der Waals surface area contributed by atoms with Crippen molar-refractivity contribution in [3.05, 3.63) is 34.8 Å². The highest BCUT2D eigenvalue weighted by Gasteiger charge is 2.59. The molecule has 2 aliphatic rings. The van der Waals surface area contributed by atoms with Gasteiger partial charge in [-0.15, -0.1) is 11.3 Å². The third kappa shape index (κ3) is 12.1. The molecule has 0 N–H and O–H groups in total. The summed E-state index contributed by atoms with van der Waals surface area (Å²) in [6.45, 7) is 39.5. The largest absolute Gasteiger partial charge is 0.458 e. The van der Waals surface area contributed by atoms with Crippen molar-refractivity contribution in [2.24, 2.45) is 17.3 Å². The number of hydrogen-bond donors (Lipinski definition) is 0. The van der Waals surface area contributed by atoms with E-state index < -0.39 is 42.6 Å². The number of carbonyl (C=O) groups is 2. The lowest BCUT2D eigenvalue weighted by Crippen LogP contribution is -2.53. The molecule has 0 amide bonds. The molecule has 12 heteroatoms. The number of ketones is 1. The Morgan fingerprint density at radius 3 is 2.08 bits per heavy atom. The van der Waals surface area contributed by atoms with E-state index >= 15 is 4.79 Å². The highest BCUT2D eigenvalue weighted by Crippen LogP contribution is 2.49. The molecule has 0 saturated carbocycles. The second-order valence-electron chi connectivity index (χ2n) is 21.4. The fourth-order valence-corrected chi connectivity index (χ4v) is 18.0. The number of benzene rings is 1. The Labute approximate surface area is 385 Å². The van der Waals surface area contributed by atoms with Crippen molar-refractivity contribution in [2.75, 3.05) is 13.2 Å². The van der Waals surface area contributed by atoms with E-state index in [2.05, 4.69) is 120 Å². The summed E-state index contributed by atoms with van der Waals surface area (Å²) in [7, 11) is -6.30. The first kappa shape index (κ1) is 53.1. The molecule has 1 aromatic heterocycles. The first-order valence-corrected chi connectivity index (χ1v) is 33.2. The Kier molecular flexibility index (Phi) is 18.3. The average molecular weight is 930 g/mol. The fourth-order valence-electron chi connectivity index (χ4n) is 10.0. The molecular formula is C50H88N2O6SSi3. The van der Waals surface area contributed by atoms with Gasteiger partial charge in [-0.05, 0) is 111 Å². The fraction of sp³-hybridized carbons (Fsp3) is 0.780. The predicted octanol–water partition coefficient (Wildman–Crippen LogP) is 13.7. The van der Waals surface area contributed by atoms with Gasteiger partial charge in [-0.3, -0.25) is 14.5 Å². The van der Waals surface area contributed by atoms with E-state index in [0.29, 0.717) is 13.0 Å². The summed E-state index contributed by atoms with van der Waals surface area (Å²) < 4.78 is 29.3. The van der Waals surface area contributed by atoms with Gasteiger partial charge in [0.25, 0.3) is 0 Å². The Bertz CT molecular complexity index is 1770. The molecule has 62 heavy (non-hydrogen) atoms. The van der Waals surface area contributed by atoms with Crippen LogP contribution in [0.5, 0.6) is 0 Å². The van der Waals surface area contributed by atoms with Crippen molar-refractivity contribution in [3.8, 4) is 0 Å². The summed E-state index contributed by atoms with van der Waals surface area (Å²) in [6, 6.07) is 14.3. The molecule has 0 bridgehead atoms. The van der Waals surface area contributed by atoms with Crippen LogP contribution in [0.1, 0.15) is 141 Å². The van der Waals surface area contributed by atoms with Gasteiger partial charge in [-0.25, -0.2) is 4.98 Å². The number of fused-ring (bicyclic) bond motifs is 2. The molecule has 1 aromatic carbocycles. The van der Waals surface area contributed by atoms with Gasteiger partial charge in [0.2, 0.25) is 0 Å². The van der Waals surface area contributed by atoms with Crippen molar-refractivity contribution >= 4 is 64.3 Å². The van der Waals surface area contributed by atoms with Gasteiger partial charge >= 0.3 is 5.97 Å². The van der Waals surface area contributed by atoms with Gasteiger partial charge in [0.15, 0.2) is 25.0 Å². The van der Waals surface area contributed by atoms with Crippen LogP contribution >= 0.6 is 11.3 Å². The van der Waals surface area contributed by atoms with Crippen LogP contribution in [0.2, 0.25) is 54.4 Å². The zero-order chi connectivity index (χ0) is 46.5. The number of carbonyl (C=O) groups excluding carboxylic acids is 2. The van der Waals surface area contributed by atoms with Crippen LogP contribution in [0, 0.1) is 17.3 Å². The summed E-state index contributed by atoms with van der Waals surface area (Å²) in [5.41, 5.74) is 0.930. The third-order valence-electron chi connectivity index (χ3n) is 16.4. The molecule has 1 unspecified atom stereocenters. The predicted molar refractivity (Wildman–Crippen MR) is 270 cm³/mol. The number of para-hydroxylation sites is 1. The monoisotopic (exact) mass is 929 g/mol. The molecule has 4 rings (SSSR count). The smallest absolute Gasteiger partial charge is 0.309 e. The zero-order valence-corrected chi connectivity index (χ0v) is 46.1. The van der Waals surface area contributed by atoms with E-state index in [1.54, 1.807) is 11.3 Å². The molecular weight excluding hydrogens is 841 g/mol. The third-order valence-corrected chi connectivity index (χ3v) is 31.2. The van der Waals surface area contributed by atoms with E-state index in [0.717, 1.165) is 82.9 Å². The molecule has 0 spiro atoms. The molecule has 0 radical (unpaired) electrons. The lowest BCUT2D eigenvalue weighted by Gasteiger charge is -2.44. The Balaban J connectivity index is 1.82. The number of nitrogens with zero attached hydrogens (tertiary/aromatic N) is 2. The number of rotatable bonds is 16. The number of cyclic esters (lactones) is 1. The van der Waals surface area contributed by atoms with E-state index in [9.17, 15) is 4.79 Å². The average Bonchev–Trinajstić information content (AvgIpc) is 3.53. The Morgan fingerprint density at radius 2 is 1.52 bits per heavy atom. The van der Waals surface area contributed by atoms with Crippen LogP contribution in [-0.4, -0.2) is 89.6 Å². The maximum Gasteiger partial charge on any atom is 0.309 e. The maximum atomic E-state index is 15.3. The second-order valence-corrected chi connectivity index (χ2v) is 36.7. The number of Topliss-reactive ketones (excluding diaryl/α,β-unsaturated/α-hetero) is 1. The maximum absolute atomic E-state index is 15.3. The highest BCUT2D eigenvalue weighted by molar-refractivity contribution is 7.19. The van der Waals surface area contributed by atoms with Gasteiger partial charge in [0.05, 0.1) is 28.8 Å². The van der Waals surface area contributed by atoms with Crippen molar-refractivity contribution in [1.82, 2.24) is 9.88 Å². The summed E-state index contributed by atoms with van der Waals surface area (Å²) in [5.74, 6) is -0.346. The van der Waals surface area contributed by atoms with E-state index in [1.807, 2.05) is 32.0 Å². The van der Waals surface area contributed by atoms with E-state index in [1.165, 1.54) is 0 Å². The minimum Gasteiger partial charge on any atom is -0.458 e. The van der Waals surface area contributed by atoms with Crippen LogP contribution in [0.25, 0.3) is 16.3 Å². The standard InChI is InChI=1S/C50H88N2O6SSi3/c1-18-61(19-2,20-3)57-43-35-45(53)56-40(37(8)33-44-51-39-28-24-25-29-41(39)59-44)34-42-50(15,52(42)31-32-55-60(16,17)48(10,11)12)30-26-27-36(7)46(38(9)47(54)49(43,13)14)58-62(21-4,22-5)23-6/h24-25,28-29,33,36,38,40,42-43,46H,18-23,26-27,30-32,34-35H2,1-17H3/b37-33+/t36-,38+,40-,42-,43-,46-,50+,52?/m0/s1. The molecule has 2 aromatic rings. The van der Waals surface area contributed by atoms with Crippen LogP contribution in [0.15, 0.2) is 29.8 Å².